The Morgan fingerprint density at radius 1 is 0.806 bits per heavy atom. The zero-order chi connectivity index (χ0) is 25.9. The van der Waals surface area contributed by atoms with E-state index in [1.807, 2.05) is 72.8 Å². The lowest BCUT2D eigenvalue weighted by Gasteiger charge is -2.20. The molecular weight excluding hydrogens is 460 g/mol. The number of nitrogens with one attached hydrogen (secondary N) is 3. The second-order valence-corrected chi connectivity index (χ2v) is 8.44. The lowest BCUT2D eigenvalue weighted by atomic mass is 10.0. The molecule has 0 unspecified atom stereocenters. The summed E-state index contributed by atoms with van der Waals surface area (Å²) in [5.41, 5.74) is 9.29. The van der Waals surface area contributed by atoms with Gasteiger partial charge >= 0.3 is 0 Å². The molecule has 2 atom stereocenters. The standard InChI is InChI=1S/C27H30N4O5/c1-18(26(28)34)29-27(35)23(16-20-11-12-21-9-5-6-10-22(21)15-20)30-24(32)13-14-25(33)31-36-17-19-7-3-2-4-8-19/h2-12,15,18,23H,13-14,16-17H2,1H3,(H2,28,34)(H,29,35)(H,30,32)(H,31,33)/t18-,23-/m0/s1. The number of fused-ring (bicyclic) bond motifs is 1. The highest BCUT2D eigenvalue weighted by atomic mass is 16.6. The number of benzene rings is 3. The Morgan fingerprint density at radius 3 is 2.19 bits per heavy atom. The summed E-state index contributed by atoms with van der Waals surface area (Å²) in [5, 5.41) is 7.24. The molecule has 3 aromatic rings. The van der Waals surface area contributed by atoms with E-state index in [1.54, 1.807) is 0 Å². The van der Waals surface area contributed by atoms with E-state index < -0.39 is 35.7 Å². The van der Waals surface area contributed by atoms with Crippen molar-refractivity contribution in [3.8, 4) is 0 Å². The molecule has 36 heavy (non-hydrogen) atoms. The molecule has 0 fully saturated rings. The lowest BCUT2D eigenvalue weighted by molar-refractivity contribution is -0.137. The zero-order valence-electron chi connectivity index (χ0n) is 20.0. The maximum Gasteiger partial charge on any atom is 0.244 e. The molecule has 0 aliphatic heterocycles. The highest BCUT2D eigenvalue weighted by Gasteiger charge is 2.24. The molecule has 3 aromatic carbocycles. The van der Waals surface area contributed by atoms with E-state index in [4.69, 9.17) is 10.6 Å². The van der Waals surface area contributed by atoms with Crippen molar-refractivity contribution in [2.75, 3.05) is 0 Å². The summed E-state index contributed by atoms with van der Waals surface area (Å²) < 4.78 is 0. The number of hydrogen-bond donors (Lipinski definition) is 4. The van der Waals surface area contributed by atoms with Gasteiger partial charge in [0.25, 0.3) is 0 Å². The van der Waals surface area contributed by atoms with Crippen molar-refractivity contribution in [1.29, 1.82) is 0 Å². The normalized spacial score (nSPS) is 12.4. The summed E-state index contributed by atoms with van der Waals surface area (Å²) in [7, 11) is 0. The number of hydrogen-bond acceptors (Lipinski definition) is 5. The van der Waals surface area contributed by atoms with Gasteiger partial charge in [-0.3, -0.25) is 24.0 Å². The van der Waals surface area contributed by atoms with Crippen LogP contribution in [0.1, 0.15) is 30.9 Å². The number of carbonyl (C=O) groups excluding carboxylic acids is 4. The lowest BCUT2D eigenvalue weighted by Crippen LogP contribution is -2.52. The first-order valence-corrected chi connectivity index (χ1v) is 11.6. The average molecular weight is 491 g/mol. The van der Waals surface area contributed by atoms with E-state index in [2.05, 4.69) is 16.1 Å². The Bertz CT molecular complexity index is 1220. The van der Waals surface area contributed by atoms with Gasteiger partial charge in [0.1, 0.15) is 12.1 Å². The van der Waals surface area contributed by atoms with Gasteiger partial charge in [-0.2, -0.15) is 0 Å². The minimum atomic E-state index is -0.960. The van der Waals surface area contributed by atoms with Crippen LogP contribution in [0.25, 0.3) is 10.8 Å². The second kappa shape index (κ2) is 13.0. The van der Waals surface area contributed by atoms with Gasteiger partial charge in [0.2, 0.25) is 23.6 Å². The third kappa shape index (κ3) is 8.21. The molecule has 4 amide bonds. The van der Waals surface area contributed by atoms with Crippen molar-refractivity contribution >= 4 is 34.4 Å². The SMILES string of the molecule is C[C@H](NC(=O)[C@H](Cc1ccc2ccccc2c1)NC(=O)CCC(=O)NOCc1ccccc1)C(N)=O. The molecule has 0 saturated heterocycles. The first-order valence-electron chi connectivity index (χ1n) is 11.6. The highest BCUT2D eigenvalue weighted by molar-refractivity contribution is 5.92. The van der Waals surface area contributed by atoms with E-state index in [0.29, 0.717) is 0 Å². The number of carbonyl (C=O) groups is 4. The zero-order valence-corrected chi connectivity index (χ0v) is 20.0. The fourth-order valence-corrected chi connectivity index (χ4v) is 3.51. The van der Waals surface area contributed by atoms with Crippen LogP contribution in [0.2, 0.25) is 0 Å². The molecule has 0 heterocycles. The van der Waals surface area contributed by atoms with Crippen molar-refractivity contribution < 1.29 is 24.0 Å². The first-order chi connectivity index (χ1) is 17.3. The van der Waals surface area contributed by atoms with Gasteiger partial charge in [-0.15, -0.1) is 0 Å². The van der Waals surface area contributed by atoms with Crippen molar-refractivity contribution in [2.24, 2.45) is 5.73 Å². The van der Waals surface area contributed by atoms with Crippen LogP contribution in [-0.2, 0) is 37.0 Å². The molecule has 0 aromatic heterocycles. The predicted molar refractivity (Wildman–Crippen MR) is 135 cm³/mol. The van der Waals surface area contributed by atoms with Crippen molar-refractivity contribution in [2.45, 2.75) is 44.9 Å². The Hall–Kier alpha value is -4.24. The summed E-state index contributed by atoms with van der Waals surface area (Å²) >= 11 is 0. The van der Waals surface area contributed by atoms with Crippen LogP contribution in [0, 0.1) is 0 Å². The molecule has 0 spiro atoms. The summed E-state index contributed by atoms with van der Waals surface area (Å²) in [6.45, 7) is 1.67. The molecule has 5 N–H and O–H groups in total. The molecule has 0 saturated carbocycles. The molecule has 0 aliphatic rings. The fraction of sp³-hybridized carbons (Fsp3) is 0.259. The number of nitrogens with two attached hydrogens (primary N) is 1. The van der Waals surface area contributed by atoms with Crippen LogP contribution in [0.3, 0.4) is 0 Å². The molecule has 188 valence electrons. The summed E-state index contributed by atoms with van der Waals surface area (Å²) in [6, 6.07) is 21.0. The molecule has 0 radical (unpaired) electrons. The van der Waals surface area contributed by atoms with Crippen LogP contribution in [0.5, 0.6) is 0 Å². The number of hydroxylamine groups is 1. The minimum absolute atomic E-state index is 0.122. The van der Waals surface area contributed by atoms with Gasteiger partial charge in [-0.1, -0.05) is 72.8 Å². The molecule has 9 heteroatoms. The van der Waals surface area contributed by atoms with E-state index in [0.717, 1.165) is 21.9 Å². The van der Waals surface area contributed by atoms with E-state index in [1.165, 1.54) is 6.92 Å². The van der Waals surface area contributed by atoms with Crippen molar-refractivity contribution in [3.05, 3.63) is 83.9 Å². The smallest absolute Gasteiger partial charge is 0.244 e. The summed E-state index contributed by atoms with van der Waals surface area (Å²) in [6.07, 6.45) is -0.0731. The topological polar surface area (TPSA) is 140 Å². The van der Waals surface area contributed by atoms with Gasteiger partial charge in [-0.25, -0.2) is 5.48 Å². The molecule has 0 bridgehead atoms. The van der Waals surface area contributed by atoms with Gasteiger partial charge in [-0.05, 0) is 28.8 Å². The third-order valence-electron chi connectivity index (χ3n) is 5.54. The molecule has 3 rings (SSSR count). The Balaban J connectivity index is 1.57. The average Bonchev–Trinajstić information content (AvgIpc) is 2.87. The molecular formula is C27H30N4O5. The van der Waals surface area contributed by atoms with E-state index in [9.17, 15) is 19.2 Å². The summed E-state index contributed by atoms with van der Waals surface area (Å²) in [5.74, 6) is -2.18. The third-order valence-corrected chi connectivity index (χ3v) is 5.54. The largest absolute Gasteiger partial charge is 0.368 e. The van der Waals surface area contributed by atoms with Crippen LogP contribution in [-0.4, -0.2) is 35.7 Å². The number of rotatable bonds is 12. The maximum absolute atomic E-state index is 12.8. The highest BCUT2D eigenvalue weighted by Crippen LogP contribution is 2.17. The maximum atomic E-state index is 12.8. The van der Waals surface area contributed by atoms with Gasteiger partial charge in [0.15, 0.2) is 0 Å². The Kier molecular flexibility index (Phi) is 9.53. The van der Waals surface area contributed by atoms with Gasteiger partial charge in [0.05, 0.1) is 6.61 Å². The Morgan fingerprint density at radius 2 is 1.47 bits per heavy atom. The molecule has 0 aliphatic carbocycles. The van der Waals surface area contributed by atoms with Crippen LogP contribution < -0.4 is 21.8 Å². The van der Waals surface area contributed by atoms with E-state index in [-0.39, 0.29) is 25.9 Å². The quantitative estimate of drug-likeness (QED) is 0.287. The van der Waals surface area contributed by atoms with Crippen LogP contribution in [0.4, 0.5) is 0 Å². The minimum Gasteiger partial charge on any atom is -0.368 e. The van der Waals surface area contributed by atoms with Crippen LogP contribution in [0.15, 0.2) is 72.8 Å². The second-order valence-electron chi connectivity index (χ2n) is 8.44. The number of amides is 4. The van der Waals surface area contributed by atoms with Crippen LogP contribution >= 0.6 is 0 Å². The molecule has 9 nitrogen and oxygen atoms in total. The van der Waals surface area contributed by atoms with Gasteiger partial charge in [0, 0.05) is 19.3 Å². The monoisotopic (exact) mass is 490 g/mol. The van der Waals surface area contributed by atoms with Gasteiger partial charge < -0.3 is 16.4 Å². The fourth-order valence-electron chi connectivity index (χ4n) is 3.51. The summed E-state index contributed by atoms with van der Waals surface area (Å²) in [4.78, 5) is 54.0. The van der Waals surface area contributed by atoms with Crippen molar-refractivity contribution in [3.63, 3.8) is 0 Å². The first kappa shape index (κ1) is 26.4. The Labute approximate surface area is 209 Å². The number of primary amides is 1. The predicted octanol–water partition coefficient (Wildman–Crippen LogP) is 1.89. The van der Waals surface area contributed by atoms with Crippen molar-refractivity contribution in [1.82, 2.24) is 16.1 Å². The van der Waals surface area contributed by atoms with E-state index >= 15 is 0 Å².